The Morgan fingerprint density at radius 3 is 3.13 bits per heavy atom. The first kappa shape index (κ1) is 11.9. The van der Waals surface area contributed by atoms with E-state index in [1.807, 2.05) is 12.2 Å². The fraction of sp³-hybridized carbons (Fsp3) is 0.400. The first-order valence-electron chi connectivity index (χ1n) is 4.69. The normalized spacial score (nSPS) is 10.8. The molecule has 0 fully saturated rings. The van der Waals surface area contributed by atoms with Crippen LogP contribution >= 0.6 is 11.3 Å². The Bertz CT molecular complexity index is 347. The summed E-state index contributed by atoms with van der Waals surface area (Å²) in [6.45, 7) is 2.18. The molecule has 0 radical (unpaired) electrons. The number of hydrogen-bond donors (Lipinski definition) is 2. The maximum absolute atomic E-state index is 10.5. The standard InChI is InChI=1S/C10H14N2O2S/c1-8(14)11-5-3-2-4-10-12-6-9(7-13)15-10/h2,4,6,13H,3,5,7H2,1H3,(H,11,14). The minimum atomic E-state index is -0.0137. The topological polar surface area (TPSA) is 62.2 Å². The molecule has 5 heteroatoms. The number of nitrogens with one attached hydrogen (secondary N) is 1. The molecule has 15 heavy (non-hydrogen) atoms. The number of nitrogens with zero attached hydrogens (tertiary/aromatic N) is 1. The van der Waals surface area contributed by atoms with Gasteiger partial charge in [-0.05, 0) is 12.5 Å². The maximum atomic E-state index is 10.5. The first-order valence-corrected chi connectivity index (χ1v) is 5.50. The summed E-state index contributed by atoms with van der Waals surface area (Å²) in [6.07, 6.45) is 6.30. The lowest BCUT2D eigenvalue weighted by Gasteiger charge is -1.95. The van der Waals surface area contributed by atoms with Crippen LogP contribution in [0.1, 0.15) is 23.2 Å². The fourth-order valence-electron chi connectivity index (χ4n) is 0.988. The molecular formula is C10H14N2O2S. The molecule has 1 heterocycles. The molecule has 0 saturated carbocycles. The Kier molecular flexibility index (Phi) is 5.00. The van der Waals surface area contributed by atoms with Crippen LogP contribution in [-0.4, -0.2) is 22.5 Å². The second-order valence-electron chi connectivity index (χ2n) is 3.00. The molecule has 0 aliphatic rings. The zero-order valence-electron chi connectivity index (χ0n) is 8.56. The summed E-state index contributed by atoms with van der Waals surface area (Å²) in [7, 11) is 0. The van der Waals surface area contributed by atoms with Crippen LogP contribution in [-0.2, 0) is 11.4 Å². The van der Waals surface area contributed by atoms with Gasteiger partial charge in [-0.3, -0.25) is 4.79 Å². The lowest BCUT2D eigenvalue weighted by molar-refractivity contribution is -0.118. The minimum Gasteiger partial charge on any atom is -0.391 e. The summed E-state index contributed by atoms with van der Waals surface area (Å²) < 4.78 is 0. The van der Waals surface area contributed by atoms with Gasteiger partial charge >= 0.3 is 0 Å². The van der Waals surface area contributed by atoms with Gasteiger partial charge in [-0.2, -0.15) is 0 Å². The molecule has 4 nitrogen and oxygen atoms in total. The third-order valence-electron chi connectivity index (χ3n) is 1.67. The minimum absolute atomic E-state index is 0.0137. The summed E-state index contributed by atoms with van der Waals surface area (Å²) in [5.74, 6) is -0.0137. The van der Waals surface area contributed by atoms with Gasteiger partial charge in [-0.15, -0.1) is 11.3 Å². The highest BCUT2D eigenvalue weighted by molar-refractivity contribution is 7.12. The number of amides is 1. The van der Waals surface area contributed by atoms with Crippen LogP contribution in [0.3, 0.4) is 0 Å². The van der Waals surface area contributed by atoms with Gasteiger partial charge in [0.2, 0.25) is 5.91 Å². The van der Waals surface area contributed by atoms with E-state index in [1.54, 1.807) is 6.20 Å². The molecule has 0 aliphatic carbocycles. The van der Waals surface area contributed by atoms with Crippen LogP contribution in [0.4, 0.5) is 0 Å². The molecule has 0 bridgehead atoms. The van der Waals surface area contributed by atoms with Gasteiger partial charge in [0.1, 0.15) is 5.01 Å². The smallest absolute Gasteiger partial charge is 0.216 e. The zero-order valence-corrected chi connectivity index (χ0v) is 9.38. The van der Waals surface area contributed by atoms with Crippen LogP contribution in [0.2, 0.25) is 0 Å². The highest BCUT2D eigenvalue weighted by Crippen LogP contribution is 2.13. The summed E-state index contributed by atoms with van der Waals surface area (Å²) in [5, 5.41) is 12.4. The van der Waals surface area contributed by atoms with Crippen molar-refractivity contribution in [3.05, 3.63) is 22.2 Å². The Morgan fingerprint density at radius 2 is 2.53 bits per heavy atom. The Hall–Kier alpha value is -1.20. The van der Waals surface area contributed by atoms with Gasteiger partial charge in [0.05, 0.1) is 11.5 Å². The summed E-state index contributed by atoms with van der Waals surface area (Å²) in [6, 6.07) is 0. The highest BCUT2D eigenvalue weighted by atomic mass is 32.1. The van der Waals surface area contributed by atoms with Crippen LogP contribution in [0.15, 0.2) is 12.3 Å². The molecule has 1 aromatic heterocycles. The molecule has 1 amide bonds. The number of carbonyl (C=O) groups excluding carboxylic acids is 1. The van der Waals surface area contributed by atoms with Crippen LogP contribution in [0.25, 0.3) is 6.08 Å². The molecule has 0 aromatic carbocycles. The Morgan fingerprint density at radius 1 is 1.73 bits per heavy atom. The predicted molar refractivity (Wildman–Crippen MR) is 60.4 cm³/mol. The van der Waals surface area contributed by atoms with Gasteiger partial charge in [-0.25, -0.2) is 4.98 Å². The predicted octanol–water partition coefficient (Wildman–Crippen LogP) is 1.17. The van der Waals surface area contributed by atoms with Gasteiger partial charge in [0, 0.05) is 19.7 Å². The molecule has 2 N–H and O–H groups in total. The SMILES string of the molecule is CC(=O)NCCC=Cc1ncc(CO)s1. The molecule has 0 unspecified atom stereocenters. The first-order chi connectivity index (χ1) is 7.22. The van der Waals surface area contributed by atoms with Crippen molar-refractivity contribution in [3.8, 4) is 0 Å². The molecule has 82 valence electrons. The lowest BCUT2D eigenvalue weighted by Crippen LogP contribution is -2.20. The van der Waals surface area contributed by atoms with Gasteiger partial charge < -0.3 is 10.4 Å². The van der Waals surface area contributed by atoms with Gasteiger partial charge in [0.25, 0.3) is 0 Å². The van der Waals surface area contributed by atoms with E-state index in [0.29, 0.717) is 6.54 Å². The van der Waals surface area contributed by atoms with Crippen molar-refractivity contribution in [3.63, 3.8) is 0 Å². The second kappa shape index (κ2) is 6.31. The zero-order chi connectivity index (χ0) is 11.1. The van der Waals surface area contributed by atoms with Crippen molar-refractivity contribution in [2.75, 3.05) is 6.54 Å². The van der Waals surface area contributed by atoms with Crippen molar-refractivity contribution in [1.82, 2.24) is 10.3 Å². The maximum Gasteiger partial charge on any atom is 0.216 e. The van der Waals surface area contributed by atoms with E-state index in [2.05, 4.69) is 10.3 Å². The third kappa shape index (κ3) is 4.71. The van der Waals surface area contributed by atoms with Crippen molar-refractivity contribution in [1.29, 1.82) is 0 Å². The monoisotopic (exact) mass is 226 g/mol. The molecule has 0 aliphatic heterocycles. The van der Waals surface area contributed by atoms with Crippen molar-refractivity contribution >= 4 is 23.3 Å². The molecule has 1 rings (SSSR count). The largest absolute Gasteiger partial charge is 0.391 e. The number of aliphatic hydroxyl groups excluding tert-OH is 1. The fourth-order valence-corrected chi connectivity index (χ4v) is 1.70. The van der Waals surface area contributed by atoms with Crippen molar-refractivity contribution < 1.29 is 9.90 Å². The highest BCUT2D eigenvalue weighted by Gasteiger charge is 1.96. The Labute approximate surface area is 92.7 Å². The number of thiazole rings is 1. The van der Waals surface area contributed by atoms with E-state index >= 15 is 0 Å². The number of rotatable bonds is 5. The summed E-state index contributed by atoms with van der Waals surface area (Å²) in [5.41, 5.74) is 0. The third-order valence-corrected chi connectivity index (χ3v) is 2.62. The quantitative estimate of drug-likeness (QED) is 0.741. The molecular weight excluding hydrogens is 212 g/mol. The average molecular weight is 226 g/mol. The van der Waals surface area contributed by atoms with Crippen LogP contribution in [0, 0.1) is 0 Å². The van der Waals surface area contributed by atoms with Gasteiger partial charge in [0.15, 0.2) is 0 Å². The molecule has 0 spiro atoms. The van der Waals surface area contributed by atoms with E-state index in [0.717, 1.165) is 16.3 Å². The number of hydrogen-bond acceptors (Lipinski definition) is 4. The van der Waals surface area contributed by atoms with Crippen LogP contribution in [0.5, 0.6) is 0 Å². The Balaban J connectivity index is 2.28. The summed E-state index contributed by atoms with van der Waals surface area (Å²) >= 11 is 1.46. The molecule has 0 atom stereocenters. The van der Waals surface area contributed by atoms with E-state index in [4.69, 9.17) is 5.11 Å². The molecule has 0 saturated heterocycles. The van der Waals surface area contributed by atoms with Crippen molar-refractivity contribution in [2.45, 2.75) is 20.0 Å². The van der Waals surface area contributed by atoms with Crippen LogP contribution < -0.4 is 5.32 Å². The number of carbonyl (C=O) groups is 1. The molecule has 1 aromatic rings. The average Bonchev–Trinajstić information content (AvgIpc) is 2.65. The van der Waals surface area contributed by atoms with Crippen molar-refractivity contribution in [2.24, 2.45) is 0 Å². The number of aliphatic hydroxyl groups is 1. The number of aromatic nitrogens is 1. The van der Waals surface area contributed by atoms with E-state index in [1.165, 1.54) is 18.3 Å². The van der Waals surface area contributed by atoms with E-state index < -0.39 is 0 Å². The van der Waals surface area contributed by atoms with Gasteiger partial charge in [-0.1, -0.05) is 6.08 Å². The summed E-state index contributed by atoms with van der Waals surface area (Å²) in [4.78, 5) is 15.5. The lowest BCUT2D eigenvalue weighted by atomic mass is 10.4. The van der Waals surface area contributed by atoms with E-state index in [9.17, 15) is 4.79 Å². The van der Waals surface area contributed by atoms with E-state index in [-0.39, 0.29) is 12.5 Å². The second-order valence-corrected chi connectivity index (χ2v) is 4.14.